The standard InChI is InChI=1S/C15H21NO6S2/c1-10-8-13(23(3,19)20)11(2)14(9-10)24(21,22)16-6-4-12(5-7-16)15(17)18/h8-9,12H,4-7H2,1-3H3,(H,17,18). The van der Waals surface area contributed by atoms with Crippen LogP contribution in [-0.4, -0.2) is 51.6 Å². The monoisotopic (exact) mass is 375 g/mol. The molecule has 1 fully saturated rings. The van der Waals surface area contributed by atoms with E-state index in [1.165, 1.54) is 23.4 Å². The van der Waals surface area contributed by atoms with E-state index in [-0.39, 0.29) is 41.3 Å². The van der Waals surface area contributed by atoms with Gasteiger partial charge in [-0.2, -0.15) is 4.31 Å². The van der Waals surface area contributed by atoms with Gasteiger partial charge in [-0.25, -0.2) is 16.8 Å². The molecule has 1 aromatic rings. The quantitative estimate of drug-likeness (QED) is 0.847. The van der Waals surface area contributed by atoms with E-state index >= 15 is 0 Å². The molecule has 0 unspecified atom stereocenters. The summed E-state index contributed by atoms with van der Waals surface area (Å²) in [5.41, 5.74) is 0.739. The zero-order chi connectivity index (χ0) is 18.3. The van der Waals surface area contributed by atoms with Crippen LogP contribution in [-0.2, 0) is 24.7 Å². The summed E-state index contributed by atoms with van der Waals surface area (Å²) in [6, 6.07) is 2.92. The molecule has 134 valence electrons. The van der Waals surface area contributed by atoms with E-state index < -0.39 is 31.7 Å². The zero-order valence-corrected chi connectivity index (χ0v) is 15.4. The second kappa shape index (κ2) is 6.45. The predicted molar refractivity (Wildman–Crippen MR) is 88.1 cm³/mol. The first-order valence-electron chi connectivity index (χ1n) is 7.49. The summed E-state index contributed by atoms with van der Waals surface area (Å²) in [5, 5.41) is 9.02. The fraction of sp³-hybridized carbons (Fsp3) is 0.533. The number of carboxylic acids is 1. The molecule has 7 nitrogen and oxygen atoms in total. The van der Waals surface area contributed by atoms with E-state index in [9.17, 15) is 21.6 Å². The average molecular weight is 375 g/mol. The Morgan fingerprint density at radius 1 is 1.08 bits per heavy atom. The van der Waals surface area contributed by atoms with Gasteiger partial charge in [-0.15, -0.1) is 0 Å². The predicted octanol–water partition coefficient (Wildman–Crippen LogP) is 1.19. The van der Waals surface area contributed by atoms with Gasteiger partial charge in [0.05, 0.1) is 15.7 Å². The lowest BCUT2D eigenvalue weighted by atomic mass is 9.99. The van der Waals surface area contributed by atoms with Crippen LogP contribution < -0.4 is 0 Å². The molecule has 9 heteroatoms. The van der Waals surface area contributed by atoms with Gasteiger partial charge in [-0.1, -0.05) is 0 Å². The summed E-state index contributed by atoms with van der Waals surface area (Å²) in [7, 11) is -7.42. The van der Waals surface area contributed by atoms with Crippen LogP contribution in [0.3, 0.4) is 0 Å². The maximum atomic E-state index is 12.9. The number of sulfonamides is 1. The van der Waals surface area contributed by atoms with Crippen LogP contribution in [0.25, 0.3) is 0 Å². The topological polar surface area (TPSA) is 109 Å². The Morgan fingerprint density at radius 3 is 2.04 bits per heavy atom. The molecule has 1 N–H and O–H groups in total. The molecular weight excluding hydrogens is 354 g/mol. The molecule has 0 atom stereocenters. The summed E-state index contributed by atoms with van der Waals surface area (Å²) in [6.45, 7) is 3.35. The number of hydrogen-bond donors (Lipinski definition) is 1. The van der Waals surface area contributed by atoms with Crippen LogP contribution in [0.4, 0.5) is 0 Å². The number of aliphatic carboxylic acids is 1. The third-order valence-corrected chi connectivity index (χ3v) is 7.53. The van der Waals surface area contributed by atoms with Crippen molar-refractivity contribution in [2.75, 3.05) is 19.3 Å². The number of sulfone groups is 1. The van der Waals surface area contributed by atoms with E-state index in [1.54, 1.807) is 6.92 Å². The van der Waals surface area contributed by atoms with Gasteiger partial charge >= 0.3 is 5.97 Å². The molecule has 0 spiro atoms. The molecular formula is C15H21NO6S2. The SMILES string of the molecule is Cc1cc(S(C)(=O)=O)c(C)c(S(=O)(=O)N2CCC(C(=O)O)CC2)c1. The second-order valence-electron chi connectivity index (χ2n) is 6.17. The Bertz CT molecular complexity index is 865. The van der Waals surface area contributed by atoms with Crippen molar-refractivity contribution >= 4 is 25.8 Å². The van der Waals surface area contributed by atoms with Crippen LogP contribution in [0, 0.1) is 19.8 Å². The number of hydrogen-bond acceptors (Lipinski definition) is 5. The van der Waals surface area contributed by atoms with Crippen molar-refractivity contribution in [1.82, 2.24) is 4.31 Å². The number of nitrogens with zero attached hydrogens (tertiary/aromatic N) is 1. The summed E-state index contributed by atoms with van der Waals surface area (Å²) in [6.07, 6.45) is 1.54. The summed E-state index contributed by atoms with van der Waals surface area (Å²) in [4.78, 5) is 11.0. The minimum Gasteiger partial charge on any atom is -0.481 e. The molecule has 2 rings (SSSR count). The third-order valence-electron chi connectivity index (χ3n) is 4.28. The Kier molecular flexibility index (Phi) is 5.08. The van der Waals surface area contributed by atoms with E-state index in [1.807, 2.05) is 0 Å². The molecule has 1 saturated heterocycles. The molecule has 0 bridgehead atoms. The van der Waals surface area contributed by atoms with Gasteiger partial charge in [0.15, 0.2) is 9.84 Å². The maximum Gasteiger partial charge on any atom is 0.306 e. The number of carbonyl (C=O) groups is 1. The van der Waals surface area contributed by atoms with Gasteiger partial charge in [-0.3, -0.25) is 4.79 Å². The lowest BCUT2D eigenvalue weighted by Gasteiger charge is -2.30. The van der Waals surface area contributed by atoms with E-state index in [0.717, 1.165) is 6.26 Å². The van der Waals surface area contributed by atoms with Crippen LogP contribution >= 0.6 is 0 Å². The fourth-order valence-electron chi connectivity index (χ4n) is 2.93. The first-order chi connectivity index (χ1) is 10.9. The molecule has 1 aliphatic rings. The Morgan fingerprint density at radius 2 is 1.58 bits per heavy atom. The van der Waals surface area contributed by atoms with E-state index in [0.29, 0.717) is 5.56 Å². The Hall–Kier alpha value is -1.45. The van der Waals surface area contributed by atoms with Gasteiger partial charge in [0.2, 0.25) is 10.0 Å². The Labute approximate surface area is 142 Å². The van der Waals surface area contributed by atoms with Crippen molar-refractivity contribution < 1.29 is 26.7 Å². The van der Waals surface area contributed by atoms with Gasteiger partial charge in [-0.05, 0) is 49.9 Å². The number of carboxylic acid groups (broad SMARTS) is 1. The van der Waals surface area contributed by atoms with Crippen LogP contribution in [0.15, 0.2) is 21.9 Å². The largest absolute Gasteiger partial charge is 0.481 e. The smallest absolute Gasteiger partial charge is 0.306 e. The van der Waals surface area contributed by atoms with Gasteiger partial charge < -0.3 is 5.11 Å². The second-order valence-corrected chi connectivity index (χ2v) is 10.1. The lowest BCUT2D eigenvalue weighted by Crippen LogP contribution is -2.40. The molecule has 0 aliphatic carbocycles. The first-order valence-corrected chi connectivity index (χ1v) is 10.8. The third kappa shape index (κ3) is 3.62. The highest BCUT2D eigenvalue weighted by atomic mass is 32.2. The molecule has 1 aliphatic heterocycles. The van der Waals surface area contributed by atoms with Crippen LogP contribution in [0.2, 0.25) is 0 Å². The van der Waals surface area contributed by atoms with E-state index in [2.05, 4.69) is 0 Å². The highest BCUT2D eigenvalue weighted by molar-refractivity contribution is 7.91. The summed E-state index contributed by atoms with van der Waals surface area (Å²) >= 11 is 0. The maximum absolute atomic E-state index is 12.9. The van der Waals surface area contributed by atoms with Crippen molar-refractivity contribution in [2.24, 2.45) is 5.92 Å². The van der Waals surface area contributed by atoms with Gasteiger partial charge in [0.25, 0.3) is 0 Å². The van der Waals surface area contributed by atoms with Crippen molar-refractivity contribution in [3.63, 3.8) is 0 Å². The normalized spacial score (nSPS) is 17.8. The number of aryl methyl sites for hydroxylation is 1. The van der Waals surface area contributed by atoms with E-state index in [4.69, 9.17) is 5.11 Å². The van der Waals surface area contributed by atoms with Crippen molar-refractivity contribution in [2.45, 2.75) is 36.5 Å². The van der Waals surface area contributed by atoms with Gasteiger partial charge in [0.1, 0.15) is 0 Å². The average Bonchev–Trinajstić information content (AvgIpc) is 2.48. The first kappa shape index (κ1) is 18.9. The molecule has 0 aromatic heterocycles. The molecule has 0 amide bonds. The van der Waals surface area contributed by atoms with Gasteiger partial charge in [0, 0.05) is 19.3 Å². The highest BCUT2D eigenvalue weighted by Gasteiger charge is 2.33. The highest BCUT2D eigenvalue weighted by Crippen LogP contribution is 2.30. The van der Waals surface area contributed by atoms with Crippen LogP contribution in [0.5, 0.6) is 0 Å². The number of benzene rings is 1. The van der Waals surface area contributed by atoms with Crippen LogP contribution in [0.1, 0.15) is 24.0 Å². The molecule has 1 heterocycles. The summed E-state index contributed by atoms with van der Waals surface area (Å²) < 4.78 is 50.8. The fourth-order valence-corrected chi connectivity index (χ4v) is 5.86. The molecule has 0 saturated carbocycles. The molecule has 1 aromatic carbocycles. The van der Waals surface area contributed by atoms with Crippen molar-refractivity contribution in [1.29, 1.82) is 0 Å². The number of rotatable bonds is 4. The minimum atomic E-state index is -3.87. The number of piperidine rings is 1. The zero-order valence-electron chi connectivity index (χ0n) is 13.8. The van der Waals surface area contributed by atoms with Crippen molar-refractivity contribution in [3.8, 4) is 0 Å². The lowest BCUT2D eigenvalue weighted by molar-refractivity contribution is -0.142. The molecule has 0 radical (unpaired) electrons. The van der Waals surface area contributed by atoms with Crippen molar-refractivity contribution in [3.05, 3.63) is 23.3 Å². The molecule has 24 heavy (non-hydrogen) atoms. The minimum absolute atomic E-state index is 0.00139. The summed E-state index contributed by atoms with van der Waals surface area (Å²) in [5.74, 6) is -1.46. The Balaban J connectivity index is 2.44.